The molecule has 2 saturated heterocycles. The van der Waals surface area contributed by atoms with Crippen LogP contribution in [0.4, 0.5) is 5.82 Å². The molecule has 2 fully saturated rings. The molecule has 4 nitrogen and oxygen atoms in total. The van der Waals surface area contributed by atoms with Crippen LogP contribution in [0.3, 0.4) is 0 Å². The number of aliphatic hydroxyl groups excluding tert-OH is 1. The Bertz CT molecular complexity index is 435. The summed E-state index contributed by atoms with van der Waals surface area (Å²) in [5.41, 5.74) is 2.07. The molecule has 4 heteroatoms. The number of aromatic nitrogens is 1. The monoisotopic (exact) mass is 247 g/mol. The van der Waals surface area contributed by atoms with Gasteiger partial charge in [0.1, 0.15) is 5.82 Å². The minimum Gasteiger partial charge on any atom is -0.392 e. The van der Waals surface area contributed by atoms with Gasteiger partial charge in [-0.15, -0.1) is 0 Å². The van der Waals surface area contributed by atoms with Crippen LogP contribution in [0, 0.1) is 6.92 Å². The van der Waals surface area contributed by atoms with Crippen molar-refractivity contribution in [3.63, 3.8) is 0 Å². The lowest BCUT2D eigenvalue weighted by Crippen LogP contribution is -2.50. The lowest BCUT2D eigenvalue weighted by atomic mass is 10.1. The van der Waals surface area contributed by atoms with Gasteiger partial charge in [-0.05, 0) is 43.5 Å². The second-order valence-electron chi connectivity index (χ2n) is 5.42. The van der Waals surface area contributed by atoms with Crippen molar-refractivity contribution in [2.24, 2.45) is 0 Å². The number of hydrogen-bond acceptors (Lipinski definition) is 4. The maximum atomic E-state index is 9.13. The van der Waals surface area contributed by atoms with E-state index < -0.39 is 0 Å². The molecule has 2 aliphatic rings. The Morgan fingerprint density at radius 1 is 1.39 bits per heavy atom. The quantitative estimate of drug-likeness (QED) is 0.851. The molecular weight excluding hydrogens is 226 g/mol. The molecule has 1 atom stereocenters. The number of pyridine rings is 1. The van der Waals surface area contributed by atoms with Gasteiger partial charge in [0.05, 0.1) is 6.61 Å². The number of anilines is 1. The van der Waals surface area contributed by atoms with Gasteiger partial charge in [-0.25, -0.2) is 4.98 Å². The Balaban J connectivity index is 1.78. The highest BCUT2D eigenvalue weighted by atomic mass is 16.3. The molecule has 0 spiro atoms. The number of fused-ring (bicyclic) bond motifs is 1. The Morgan fingerprint density at radius 2 is 2.28 bits per heavy atom. The largest absolute Gasteiger partial charge is 0.392 e. The number of nitrogens with zero attached hydrogens (tertiary/aromatic N) is 3. The molecule has 1 N–H and O–H groups in total. The molecule has 18 heavy (non-hydrogen) atoms. The minimum atomic E-state index is 0.0739. The van der Waals surface area contributed by atoms with E-state index in [1.54, 1.807) is 6.20 Å². The van der Waals surface area contributed by atoms with Gasteiger partial charge in [0.2, 0.25) is 0 Å². The van der Waals surface area contributed by atoms with E-state index in [1.807, 2.05) is 6.07 Å². The number of aryl methyl sites for hydroxylation is 1. The first-order valence-corrected chi connectivity index (χ1v) is 6.83. The zero-order valence-electron chi connectivity index (χ0n) is 11.0. The second-order valence-corrected chi connectivity index (χ2v) is 5.42. The maximum Gasteiger partial charge on any atom is 0.131 e. The van der Waals surface area contributed by atoms with Crippen molar-refractivity contribution in [3.8, 4) is 0 Å². The van der Waals surface area contributed by atoms with Crippen LogP contribution in [-0.2, 0) is 6.61 Å². The topological polar surface area (TPSA) is 39.6 Å². The van der Waals surface area contributed by atoms with E-state index >= 15 is 0 Å². The van der Waals surface area contributed by atoms with Gasteiger partial charge in [0, 0.05) is 31.9 Å². The summed E-state index contributed by atoms with van der Waals surface area (Å²) in [5.74, 6) is 1.10. The lowest BCUT2D eigenvalue weighted by Gasteiger charge is -2.38. The van der Waals surface area contributed by atoms with E-state index in [0.29, 0.717) is 0 Å². The Morgan fingerprint density at radius 3 is 3.06 bits per heavy atom. The van der Waals surface area contributed by atoms with E-state index in [0.717, 1.165) is 37.1 Å². The molecule has 1 aromatic rings. The normalized spacial score (nSPS) is 24.3. The third-order valence-electron chi connectivity index (χ3n) is 4.18. The smallest absolute Gasteiger partial charge is 0.131 e. The van der Waals surface area contributed by atoms with Crippen LogP contribution in [0.15, 0.2) is 12.3 Å². The van der Waals surface area contributed by atoms with Gasteiger partial charge in [-0.1, -0.05) is 0 Å². The van der Waals surface area contributed by atoms with E-state index in [1.165, 1.54) is 24.9 Å². The third kappa shape index (κ3) is 2.10. The van der Waals surface area contributed by atoms with E-state index in [2.05, 4.69) is 21.7 Å². The molecule has 0 amide bonds. The van der Waals surface area contributed by atoms with Crippen molar-refractivity contribution in [2.75, 3.05) is 31.1 Å². The average molecular weight is 247 g/mol. The van der Waals surface area contributed by atoms with Crippen LogP contribution in [0.1, 0.15) is 24.0 Å². The molecule has 0 aliphatic carbocycles. The number of aliphatic hydroxyl groups is 1. The number of rotatable bonds is 2. The lowest BCUT2D eigenvalue weighted by molar-refractivity contribution is 0.230. The highest BCUT2D eigenvalue weighted by Crippen LogP contribution is 2.26. The van der Waals surface area contributed by atoms with Gasteiger partial charge in [0.25, 0.3) is 0 Å². The van der Waals surface area contributed by atoms with E-state index in [-0.39, 0.29) is 6.61 Å². The fourth-order valence-electron chi connectivity index (χ4n) is 3.23. The predicted molar refractivity (Wildman–Crippen MR) is 71.7 cm³/mol. The van der Waals surface area contributed by atoms with Gasteiger partial charge in [-0.2, -0.15) is 0 Å². The zero-order valence-corrected chi connectivity index (χ0v) is 11.0. The Hall–Kier alpha value is -1.13. The fourth-order valence-corrected chi connectivity index (χ4v) is 3.23. The number of hydrogen-bond donors (Lipinski definition) is 1. The summed E-state index contributed by atoms with van der Waals surface area (Å²) < 4.78 is 0. The second kappa shape index (κ2) is 4.86. The van der Waals surface area contributed by atoms with Crippen LogP contribution >= 0.6 is 0 Å². The van der Waals surface area contributed by atoms with E-state index in [4.69, 9.17) is 5.11 Å². The summed E-state index contributed by atoms with van der Waals surface area (Å²) in [6, 6.07) is 2.76. The summed E-state index contributed by atoms with van der Waals surface area (Å²) in [6.45, 7) is 6.77. The summed E-state index contributed by atoms with van der Waals surface area (Å²) in [4.78, 5) is 9.55. The molecule has 0 aromatic carbocycles. The standard InChI is InChI=1S/C14H21N3O/c1-11-7-12(10-18)8-15-14(11)17-6-5-16-4-2-3-13(16)9-17/h7-8,13,18H,2-6,9-10H2,1H3. The van der Waals surface area contributed by atoms with Crippen molar-refractivity contribution in [1.29, 1.82) is 0 Å². The van der Waals surface area contributed by atoms with Crippen LogP contribution in [0.25, 0.3) is 0 Å². The molecule has 0 saturated carbocycles. The molecule has 3 heterocycles. The fraction of sp³-hybridized carbons (Fsp3) is 0.643. The first-order valence-electron chi connectivity index (χ1n) is 6.83. The molecule has 3 rings (SSSR count). The highest BCUT2D eigenvalue weighted by molar-refractivity contribution is 5.48. The maximum absolute atomic E-state index is 9.13. The molecule has 0 bridgehead atoms. The first kappa shape index (κ1) is 11.9. The molecule has 1 unspecified atom stereocenters. The van der Waals surface area contributed by atoms with Crippen LogP contribution in [0.2, 0.25) is 0 Å². The average Bonchev–Trinajstić information content (AvgIpc) is 2.85. The van der Waals surface area contributed by atoms with Crippen molar-refractivity contribution in [1.82, 2.24) is 9.88 Å². The number of piperazine rings is 1. The summed E-state index contributed by atoms with van der Waals surface area (Å²) in [7, 11) is 0. The Labute approximate surface area is 108 Å². The summed E-state index contributed by atoms with van der Waals surface area (Å²) in [6.07, 6.45) is 4.46. The van der Waals surface area contributed by atoms with Gasteiger partial charge in [-0.3, -0.25) is 4.90 Å². The molecule has 0 radical (unpaired) electrons. The van der Waals surface area contributed by atoms with E-state index in [9.17, 15) is 0 Å². The molecule has 98 valence electrons. The zero-order chi connectivity index (χ0) is 12.5. The molecule has 2 aliphatic heterocycles. The highest BCUT2D eigenvalue weighted by Gasteiger charge is 2.31. The van der Waals surface area contributed by atoms with Crippen molar-refractivity contribution in [2.45, 2.75) is 32.4 Å². The minimum absolute atomic E-state index is 0.0739. The Kier molecular flexibility index (Phi) is 3.22. The summed E-state index contributed by atoms with van der Waals surface area (Å²) in [5, 5.41) is 9.13. The summed E-state index contributed by atoms with van der Waals surface area (Å²) >= 11 is 0. The van der Waals surface area contributed by atoms with Crippen molar-refractivity contribution < 1.29 is 5.11 Å². The van der Waals surface area contributed by atoms with Gasteiger partial charge >= 0.3 is 0 Å². The molecular formula is C14H21N3O. The first-order chi connectivity index (χ1) is 8.78. The third-order valence-corrected chi connectivity index (χ3v) is 4.18. The van der Waals surface area contributed by atoms with Crippen LogP contribution in [0.5, 0.6) is 0 Å². The van der Waals surface area contributed by atoms with Crippen LogP contribution < -0.4 is 4.90 Å². The predicted octanol–water partition coefficient (Wildman–Crippen LogP) is 1.17. The van der Waals surface area contributed by atoms with Gasteiger partial charge in [0.15, 0.2) is 0 Å². The van der Waals surface area contributed by atoms with Crippen LogP contribution in [-0.4, -0.2) is 47.2 Å². The van der Waals surface area contributed by atoms with Crippen molar-refractivity contribution in [3.05, 3.63) is 23.4 Å². The van der Waals surface area contributed by atoms with Gasteiger partial charge < -0.3 is 10.0 Å². The van der Waals surface area contributed by atoms with Crippen molar-refractivity contribution >= 4 is 5.82 Å². The molecule has 1 aromatic heterocycles. The SMILES string of the molecule is Cc1cc(CO)cnc1N1CCN2CCCC2C1.